The topological polar surface area (TPSA) is 33.7 Å². The fourth-order valence-electron chi connectivity index (χ4n) is 3.26. The third kappa shape index (κ3) is 2.65. The summed E-state index contributed by atoms with van der Waals surface area (Å²) in [6.45, 7) is 0. The average molecular weight is 333 g/mol. The summed E-state index contributed by atoms with van der Waals surface area (Å²) in [7, 11) is 1.97. The van der Waals surface area contributed by atoms with Crippen LogP contribution in [-0.2, 0) is 10.3 Å². The molecule has 4 heteroatoms. The van der Waals surface area contributed by atoms with E-state index in [2.05, 4.69) is 0 Å². The molecule has 1 saturated carbocycles. The van der Waals surface area contributed by atoms with Crippen molar-refractivity contribution in [3.8, 4) is 0 Å². The smallest absolute Gasteiger partial charge is 0.223 e. The minimum absolute atomic E-state index is 0.197. The van der Waals surface area contributed by atoms with Crippen molar-refractivity contribution in [1.29, 1.82) is 0 Å². The van der Waals surface area contributed by atoms with Crippen molar-refractivity contribution in [1.82, 2.24) is 0 Å². The highest BCUT2D eigenvalue weighted by Crippen LogP contribution is 2.37. The number of benzene rings is 1. The van der Waals surface area contributed by atoms with Crippen molar-refractivity contribution in [3.05, 3.63) is 62.8 Å². The second kappa shape index (κ2) is 6.37. The number of Topliss-reactive ketones (excluding diaryl/α,β-unsaturated/α-hetero) is 1. The Bertz CT molecular complexity index is 708. The van der Waals surface area contributed by atoms with E-state index < -0.39 is 5.54 Å². The minimum atomic E-state index is -0.584. The van der Waals surface area contributed by atoms with Crippen molar-refractivity contribution >= 4 is 34.8 Å². The first-order valence-corrected chi connectivity index (χ1v) is 8.77. The Morgan fingerprint density at radius 3 is 2.77 bits per heavy atom. The molecule has 0 radical (unpaired) electrons. The van der Waals surface area contributed by atoms with E-state index in [4.69, 9.17) is 11.6 Å². The van der Waals surface area contributed by atoms with Gasteiger partial charge in [-0.1, -0.05) is 35.9 Å². The second-order valence-corrected chi connectivity index (χ2v) is 6.99. The molecule has 0 amide bonds. The van der Waals surface area contributed by atoms with Crippen LogP contribution in [-0.4, -0.2) is 12.8 Å². The van der Waals surface area contributed by atoms with Gasteiger partial charge in [-0.15, -0.1) is 11.3 Å². The van der Waals surface area contributed by atoms with Gasteiger partial charge >= 0.3 is 0 Å². The lowest BCUT2D eigenvalue weighted by atomic mass is 9.73. The van der Waals surface area contributed by atoms with Gasteiger partial charge in [0.05, 0.1) is 12.1 Å². The van der Waals surface area contributed by atoms with Crippen LogP contribution in [0.4, 0.5) is 0 Å². The predicted molar refractivity (Wildman–Crippen MR) is 92.1 cm³/mol. The lowest BCUT2D eigenvalue weighted by Gasteiger charge is -2.34. The molecule has 114 valence electrons. The number of hydrogen-bond acceptors (Lipinski definition) is 2. The molecular formula is C18H19ClNOS+. The molecule has 1 heterocycles. The SMILES string of the molecule is C[NH2+][C@]1(c2ccccc2Cl)CCCC(=Cc2cccs2)C1=O. The summed E-state index contributed by atoms with van der Waals surface area (Å²) in [6.07, 6.45) is 4.71. The van der Waals surface area contributed by atoms with Gasteiger partial charge in [-0.3, -0.25) is 4.79 Å². The third-order valence-corrected chi connectivity index (χ3v) is 5.57. The summed E-state index contributed by atoms with van der Waals surface area (Å²) >= 11 is 8.05. The number of carbonyl (C=O) groups excluding carboxylic acids is 1. The van der Waals surface area contributed by atoms with Gasteiger partial charge in [-0.2, -0.15) is 0 Å². The molecule has 1 aromatic heterocycles. The molecule has 0 unspecified atom stereocenters. The molecular weight excluding hydrogens is 314 g/mol. The Labute approximate surface area is 139 Å². The average Bonchev–Trinajstić information content (AvgIpc) is 3.04. The number of carbonyl (C=O) groups is 1. The first kappa shape index (κ1) is 15.5. The third-order valence-electron chi connectivity index (χ3n) is 4.42. The van der Waals surface area contributed by atoms with Crippen molar-refractivity contribution in [2.45, 2.75) is 24.8 Å². The zero-order chi connectivity index (χ0) is 15.6. The molecule has 2 aromatic rings. The fraction of sp³-hybridized carbons (Fsp3) is 0.278. The maximum absolute atomic E-state index is 13.2. The molecule has 1 fully saturated rings. The van der Waals surface area contributed by atoms with Crippen molar-refractivity contribution in [2.24, 2.45) is 0 Å². The van der Waals surface area contributed by atoms with E-state index in [0.29, 0.717) is 5.02 Å². The van der Waals surface area contributed by atoms with E-state index in [0.717, 1.165) is 35.3 Å². The van der Waals surface area contributed by atoms with E-state index in [-0.39, 0.29) is 5.78 Å². The highest BCUT2D eigenvalue weighted by Gasteiger charge is 2.47. The summed E-state index contributed by atoms with van der Waals surface area (Å²) in [5.74, 6) is 0.197. The molecule has 1 atom stereocenters. The van der Waals surface area contributed by atoms with Crippen LogP contribution in [0.1, 0.15) is 29.7 Å². The molecule has 0 saturated heterocycles. The molecule has 2 N–H and O–H groups in total. The minimum Gasteiger partial charge on any atom is -0.333 e. The lowest BCUT2D eigenvalue weighted by Crippen LogP contribution is -2.94. The first-order valence-electron chi connectivity index (χ1n) is 7.52. The van der Waals surface area contributed by atoms with Crippen LogP contribution in [0.25, 0.3) is 6.08 Å². The van der Waals surface area contributed by atoms with Gasteiger partial charge in [0.2, 0.25) is 5.78 Å². The van der Waals surface area contributed by atoms with Crippen LogP contribution < -0.4 is 5.32 Å². The summed E-state index contributed by atoms with van der Waals surface area (Å²) < 4.78 is 0. The van der Waals surface area contributed by atoms with Crippen LogP contribution in [0.2, 0.25) is 5.02 Å². The normalized spacial score (nSPS) is 23.9. The van der Waals surface area contributed by atoms with Crippen molar-refractivity contribution < 1.29 is 10.1 Å². The molecule has 0 bridgehead atoms. The highest BCUT2D eigenvalue weighted by molar-refractivity contribution is 7.10. The molecule has 0 spiro atoms. The maximum atomic E-state index is 13.2. The molecule has 22 heavy (non-hydrogen) atoms. The maximum Gasteiger partial charge on any atom is 0.223 e. The van der Waals surface area contributed by atoms with Gasteiger partial charge in [0, 0.05) is 22.4 Å². The van der Waals surface area contributed by atoms with Crippen LogP contribution in [0, 0.1) is 0 Å². The van der Waals surface area contributed by atoms with Gasteiger partial charge in [0.25, 0.3) is 0 Å². The zero-order valence-electron chi connectivity index (χ0n) is 12.5. The molecule has 1 aliphatic carbocycles. The van der Waals surface area contributed by atoms with Crippen LogP contribution in [0.15, 0.2) is 47.4 Å². The van der Waals surface area contributed by atoms with E-state index in [1.165, 1.54) is 0 Å². The zero-order valence-corrected chi connectivity index (χ0v) is 14.1. The molecule has 0 aliphatic heterocycles. The summed E-state index contributed by atoms with van der Waals surface area (Å²) in [4.78, 5) is 14.3. The van der Waals surface area contributed by atoms with Gasteiger partial charge < -0.3 is 5.32 Å². The van der Waals surface area contributed by atoms with Crippen LogP contribution in [0.3, 0.4) is 0 Å². The monoisotopic (exact) mass is 332 g/mol. The summed E-state index contributed by atoms with van der Waals surface area (Å²) in [5.41, 5.74) is 1.26. The molecule has 1 aliphatic rings. The number of nitrogens with two attached hydrogens (primary N) is 1. The number of rotatable bonds is 3. The van der Waals surface area contributed by atoms with Crippen LogP contribution >= 0.6 is 22.9 Å². The van der Waals surface area contributed by atoms with Crippen molar-refractivity contribution in [2.75, 3.05) is 7.05 Å². The Morgan fingerprint density at radius 1 is 1.27 bits per heavy atom. The quantitative estimate of drug-likeness (QED) is 0.856. The summed E-state index contributed by atoms with van der Waals surface area (Å²) in [5, 5.41) is 4.73. The van der Waals surface area contributed by atoms with Crippen molar-refractivity contribution in [3.63, 3.8) is 0 Å². The lowest BCUT2D eigenvalue weighted by molar-refractivity contribution is -0.698. The highest BCUT2D eigenvalue weighted by atomic mass is 35.5. The van der Waals surface area contributed by atoms with E-state index in [1.54, 1.807) is 11.3 Å². The first-order chi connectivity index (χ1) is 10.7. The van der Waals surface area contributed by atoms with E-state index >= 15 is 0 Å². The number of quaternary nitrogens is 1. The largest absolute Gasteiger partial charge is 0.333 e. The number of thiophene rings is 1. The van der Waals surface area contributed by atoms with Gasteiger partial charge in [0.15, 0.2) is 5.54 Å². The number of halogens is 1. The number of hydrogen-bond donors (Lipinski definition) is 1. The van der Waals surface area contributed by atoms with Gasteiger partial charge in [0.1, 0.15) is 0 Å². The molecule has 2 nitrogen and oxygen atoms in total. The Hall–Kier alpha value is -1.42. The van der Waals surface area contributed by atoms with E-state index in [1.807, 2.05) is 60.2 Å². The Balaban J connectivity index is 2.05. The van der Waals surface area contributed by atoms with Gasteiger partial charge in [-0.25, -0.2) is 0 Å². The second-order valence-electron chi connectivity index (χ2n) is 5.61. The van der Waals surface area contributed by atoms with E-state index in [9.17, 15) is 4.79 Å². The molecule has 3 rings (SSSR count). The summed E-state index contributed by atoms with van der Waals surface area (Å²) in [6, 6.07) is 11.8. The standard InChI is InChI=1S/C18H18ClNOS/c1-20-18(15-8-2-3-9-16(15)19)10-4-6-13(17(18)21)12-14-7-5-11-22-14/h2-3,5,7-9,11-12,20H,4,6,10H2,1H3/p+1/t18-/m0/s1. The van der Waals surface area contributed by atoms with Crippen LogP contribution in [0.5, 0.6) is 0 Å². The predicted octanol–water partition coefficient (Wildman–Crippen LogP) is 3.63. The number of ketones is 1. The Kier molecular flexibility index (Phi) is 4.48. The Morgan fingerprint density at radius 2 is 2.09 bits per heavy atom. The fourth-order valence-corrected chi connectivity index (χ4v) is 4.25. The molecule has 1 aromatic carbocycles. The number of likely N-dealkylation sites (N-methyl/N-ethyl adjacent to an activating group) is 1. The van der Waals surface area contributed by atoms with Gasteiger partial charge in [-0.05, 0) is 36.4 Å².